The van der Waals surface area contributed by atoms with Crippen LogP contribution >= 0.6 is 0 Å². The summed E-state index contributed by atoms with van der Waals surface area (Å²) < 4.78 is 26.5. The third kappa shape index (κ3) is 2.69. The highest BCUT2D eigenvalue weighted by molar-refractivity contribution is 5.94. The van der Waals surface area contributed by atoms with Crippen LogP contribution in [-0.4, -0.2) is 12.5 Å². The van der Waals surface area contributed by atoms with Gasteiger partial charge in [0.25, 0.3) is 5.91 Å². The van der Waals surface area contributed by atoms with Crippen LogP contribution in [0.4, 0.5) is 14.5 Å². The number of anilines is 1. The number of carbonyl (C=O) groups excluding carboxylic acids is 1. The Labute approximate surface area is 111 Å². The molecule has 0 aliphatic heterocycles. The first kappa shape index (κ1) is 13.8. The van der Waals surface area contributed by atoms with Gasteiger partial charge in [-0.25, -0.2) is 8.78 Å². The fourth-order valence-electron chi connectivity index (χ4n) is 2.42. The second kappa shape index (κ2) is 5.15. The molecule has 0 spiro atoms. The number of hydrogen-bond donors (Lipinski definition) is 2. The van der Waals surface area contributed by atoms with Crippen LogP contribution in [0.25, 0.3) is 0 Å². The van der Waals surface area contributed by atoms with Crippen LogP contribution in [0.2, 0.25) is 0 Å². The van der Waals surface area contributed by atoms with Gasteiger partial charge in [0.15, 0.2) is 0 Å². The number of hydrogen-bond acceptors (Lipinski definition) is 2. The SMILES string of the molecule is CCC1(CNC(=O)c2cc(F)c(N)c(F)c2)CCC1. The van der Waals surface area contributed by atoms with Crippen LogP contribution in [0.1, 0.15) is 43.0 Å². The van der Waals surface area contributed by atoms with E-state index in [0.717, 1.165) is 31.4 Å². The lowest BCUT2D eigenvalue weighted by molar-refractivity contribution is 0.0849. The van der Waals surface area contributed by atoms with E-state index in [0.29, 0.717) is 6.54 Å². The molecular formula is C14H18F2N2O. The average molecular weight is 268 g/mol. The molecule has 3 nitrogen and oxygen atoms in total. The third-order valence-electron chi connectivity index (χ3n) is 4.13. The molecule has 0 unspecified atom stereocenters. The van der Waals surface area contributed by atoms with E-state index in [1.54, 1.807) is 0 Å². The Kier molecular flexibility index (Phi) is 3.73. The van der Waals surface area contributed by atoms with E-state index < -0.39 is 23.2 Å². The topological polar surface area (TPSA) is 55.1 Å². The molecule has 1 fully saturated rings. The summed E-state index contributed by atoms with van der Waals surface area (Å²) in [6.45, 7) is 2.64. The van der Waals surface area contributed by atoms with E-state index in [1.807, 2.05) is 0 Å². The number of amides is 1. The molecule has 1 aliphatic rings. The molecule has 0 aromatic heterocycles. The zero-order valence-electron chi connectivity index (χ0n) is 10.9. The number of rotatable bonds is 4. The molecule has 19 heavy (non-hydrogen) atoms. The van der Waals surface area contributed by atoms with Crippen LogP contribution in [0.3, 0.4) is 0 Å². The van der Waals surface area contributed by atoms with Gasteiger partial charge in [-0.15, -0.1) is 0 Å². The van der Waals surface area contributed by atoms with E-state index in [1.165, 1.54) is 6.42 Å². The van der Waals surface area contributed by atoms with E-state index in [9.17, 15) is 13.6 Å². The Hall–Kier alpha value is -1.65. The summed E-state index contributed by atoms with van der Waals surface area (Å²) in [6.07, 6.45) is 4.36. The molecule has 0 atom stereocenters. The minimum atomic E-state index is -0.904. The molecule has 1 aromatic rings. The normalized spacial score (nSPS) is 16.8. The Morgan fingerprint density at radius 1 is 1.37 bits per heavy atom. The van der Waals surface area contributed by atoms with E-state index in [2.05, 4.69) is 12.2 Å². The Balaban J connectivity index is 2.04. The molecule has 1 aliphatic carbocycles. The van der Waals surface area contributed by atoms with Crippen molar-refractivity contribution in [3.63, 3.8) is 0 Å². The zero-order chi connectivity index (χ0) is 14.0. The van der Waals surface area contributed by atoms with Gasteiger partial charge in [0.1, 0.15) is 17.3 Å². The molecule has 0 bridgehead atoms. The first-order valence-electron chi connectivity index (χ1n) is 6.50. The highest BCUT2D eigenvalue weighted by Gasteiger charge is 2.35. The number of halogens is 2. The summed E-state index contributed by atoms with van der Waals surface area (Å²) in [5.74, 6) is -2.27. The van der Waals surface area contributed by atoms with Crippen molar-refractivity contribution in [2.75, 3.05) is 12.3 Å². The second-order valence-corrected chi connectivity index (χ2v) is 5.24. The van der Waals surface area contributed by atoms with E-state index in [-0.39, 0.29) is 11.0 Å². The summed E-state index contributed by atoms with van der Waals surface area (Å²) in [5, 5.41) is 2.75. The number of nitrogen functional groups attached to an aromatic ring is 1. The Morgan fingerprint density at radius 3 is 2.37 bits per heavy atom. The highest BCUT2D eigenvalue weighted by atomic mass is 19.1. The van der Waals surface area contributed by atoms with Crippen LogP contribution in [-0.2, 0) is 0 Å². The molecule has 104 valence electrons. The molecule has 0 saturated heterocycles. The minimum absolute atomic E-state index is 0.0326. The quantitative estimate of drug-likeness (QED) is 0.825. The summed E-state index contributed by atoms with van der Waals surface area (Å²) in [7, 11) is 0. The lowest BCUT2D eigenvalue weighted by atomic mass is 9.67. The molecule has 1 aromatic carbocycles. The molecule has 0 heterocycles. The maximum Gasteiger partial charge on any atom is 0.251 e. The Morgan fingerprint density at radius 2 is 1.95 bits per heavy atom. The largest absolute Gasteiger partial charge is 0.394 e. The van der Waals surface area contributed by atoms with Crippen molar-refractivity contribution >= 4 is 11.6 Å². The minimum Gasteiger partial charge on any atom is -0.394 e. The fraction of sp³-hybridized carbons (Fsp3) is 0.500. The molecule has 3 N–H and O–H groups in total. The molecular weight excluding hydrogens is 250 g/mol. The van der Waals surface area contributed by atoms with Crippen LogP contribution < -0.4 is 11.1 Å². The first-order chi connectivity index (χ1) is 8.97. The van der Waals surface area contributed by atoms with Crippen molar-refractivity contribution in [1.82, 2.24) is 5.32 Å². The molecule has 1 saturated carbocycles. The summed E-state index contributed by atoms with van der Waals surface area (Å²) in [5.41, 5.74) is 4.74. The van der Waals surface area contributed by atoms with Crippen molar-refractivity contribution in [2.45, 2.75) is 32.6 Å². The first-order valence-corrected chi connectivity index (χ1v) is 6.50. The molecule has 1 amide bonds. The van der Waals surface area contributed by atoms with Crippen molar-refractivity contribution in [2.24, 2.45) is 5.41 Å². The predicted octanol–water partition coefficient (Wildman–Crippen LogP) is 2.86. The lowest BCUT2D eigenvalue weighted by Crippen LogP contribution is -2.41. The fourth-order valence-corrected chi connectivity index (χ4v) is 2.42. The van der Waals surface area contributed by atoms with Gasteiger partial charge >= 0.3 is 0 Å². The molecule has 2 rings (SSSR count). The number of nitrogens with one attached hydrogen (secondary N) is 1. The van der Waals surface area contributed by atoms with Crippen molar-refractivity contribution < 1.29 is 13.6 Å². The van der Waals surface area contributed by atoms with Crippen molar-refractivity contribution in [1.29, 1.82) is 0 Å². The second-order valence-electron chi connectivity index (χ2n) is 5.24. The smallest absolute Gasteiger partial charge is 0.251 e. The Bertz CT molecular complexity index is 470. The van der Waals surface area contributed by atoms with Gasteiger partial charge in [0, 0.05) is 12.1 Å². The van der Waals surface area contributed by atoms with Gasteiger partial charge in [0.05, 0.1) is 0 Å². The number of benzene rings is 1. The summed E-state index contributed by atoms with van der Waals surface area (Å²) in [6, 6.07) is 1.93. The lowest BCUT2D eigenvalue weighted by Gasteiger charge is -2.41. The number of carbonyl (C=O) groups is 1. The van der Waals surface area contributed by atoms with Crippen LogP contribution in [0.5, 0.6) is 0 Å². The van der Waals surface area contributed by atoms with Gasteiger partial charge in [0.2, 0.25) is 0 Å². The summed E-state index contributed by atoms with van der Waals surface area (Å²) >= 11 is 0. The number of nitrogens with two attached hydrogens (primary N) is 1. The zero-order valence-corrected chi connectivity index (χ0v) is 10.9. The predicted molar refractivity (Wildman–Crippen MR) is 69.7 cm³/mol. The van der Waals surface area contributed by atoms with Crippen molar-refractivity contribution in [3.8, 4) is 0 Å². The maximum absolute atomic E-state index is 13.3. The van der Waals surface area contributed by atoms with E-state index in [4.69, 9.17) is 5.73 Å². The monoisotopic (exact) mass is 268 g/mol. The standard InChI is InChI=1S/C14H18F2N2O/c1-2-14(4-3-5-14)8-18-13(19)9-6-10(15)12(17)11(16)7-9/h6-7H,2-5,8,17H2,1H3,(H,18,19). The van der Waals surface area contributed by atoms with E-state index >= 15 is 0 Å². The van der Waals surface area contributed by atoms with Gasteiger partial charge in [-0.2, -0.15) is 0 Å². The molecule has 5 heteroatoms. The van der Waals surface area contributed by atoms with Gasteiger partial charge in [-0.1, -0.05) is 13.3 Å². The highest BCUT2D eigenvalue weighted by Crippen LogP contribution is 2.43. The van der Waals surface area contributed by atoms with Crippen LogP contribution in [0, 0.1) is 17.0 Å². The maximum atomic E-state index is 13.3. The van der Waals surface area contributed by atoms with Gasteiger partial charge < -0.3 is 11.1 Å². The third-order valence-corrected chi connectivity index (χ3v) is 4.13. The summed E-state index contributed by atoms with van der Waals surface area (Å²) in [4.78, 5) is 11.9. The van der Waals surface area contributed by atoms with Crippen molar-refractivity contribution in [3.05, 3.63) is 29.3 Å². The molecule has 0 radical (unpaired) electrons. The van der Waals surface area contributed by atoms with Gasteiger partial charge in [-0.05, 0) is 36.8 Å². The average Bonchev–Trinajstić information content (AvgIpc) is 2.34. The van der Waals surface area contributed by atoms with Gasteiger partial charge in [-0.3, -0.25) is 4.79 Å². The van der Waals surface area contributed by atoms with Crippen LogP contribution in [0.15, 0.2) is 12.1 Å².